The van der Waals surface area contributed by atoms with Crippen LogP contribution < -0.4 is 5.73 Å². The van der Waals surface area contributed by atoms with Gasteiger partial charge in [-0.2, -0.15) is 0 Å². The normalized spacial score (nSPS) is 24.8. The molecule has 1 aromatic rings. The number of nitrogens with zero attached hydrogens (tertiary/aromatic N) is 1. The molecular formula is C14H21BrN2O. The van der Waals surface area contributed by atoms with Crippen LogP contribution in [0.3, 0.4) is 0 Å². The molecule has 2 N–H and O–H groups in total. The summed E-state index contributed by atoms with van der Waals surface area (Å²) in [5.74, 6) is 0. The molecule has 18 heavy (non-hydrogen) atoms. The summed E-state index contributed by atoms with van der Waals surface area (Å²) in [6.07, 6.45) is 0.284. The van der Waals surface area contributed by atoms with Crippen molar-refractivity contribution in [2.45, 2.75) is 32.0 Å². The second kappa shape index (κ2) is 6.15. The molecule has 0 radical (unpaired) electrons. The maximum Gasteiger partial charge on any atom is 0.0674 e. The first-order valence-electron chi connectivity index (χ1n) is 6.44. The minimum Gasteiger partial charge on any atom is -0.376 e. The lowest BCUT2D eigenvalue weighted by Gasteiger charge is -2.39. The van der Waals surface area contributed by atoms with E-state index in [1.54, 1.807) is 0 Å². The van der Waals surface area contributed by atoms with Crippen molar-refractivity contribution in [3.05, 3.63) is 34.3 Å². The zero-order chi connectivity index (χ0) is 13.1. The van der Waals surface area contributed by atoms with Gasteiger partial charge in [0.05, 0.1) is 12.7 Å². The highest BCUT2D eigenvalue weighted by atomic mass is 79.9. The average Bonchev–Trinajstić information content (AvgIpc) is 2.28. The van der Waals surface area contributed by atoms with Crippen LogP contribution in [0.25, 0.3) is 0 Å². The van der Waals surface area contributed by atoms with E-state index in [2.05, 4.69) is 52.9 Å². The van der Waals surface area contributed by atoms with E-state index in [0.717, 1.165) is 24.2 Å². The molecule has 2 rings (SSSR count). The van der Waals surface area contributed by atoms with E-state index in [1.807, 2.05) is 6.07 Å². The molecule has 0 aliphatic carbocycles. The molecule has 3 unspecified atom stereocenters. The Hall–Kier alpha value is -0.420. The zero-order valence-electron chi connectivity index (χ0n) is 11.0. The van der Waals surface area contributed by atoms with Gasteiger partial charge in [-0.25, -0.2) is 0 Å². The Bertz CT molecular complexity index is 397. The molecule has 0 bridgehead atoms. The lowest BCUT2D eigenvalue weighted by molar-refractivity contribution is -0.0376. The first-order chi connectivity index (χ1) is 8.58. The number of hydrogen-bond acceptors (Lipinski definition) is 3. The molecule has 0 spiro atoms. The molecule has 3 atom stereocenters. The maximum absolute atomic E-state index is 6.20. The van der Waals surface area contributed by atoms with Gasteiger partial charge in [0.1, 0.15) is 0 Å². The minimum atomic E-state index is 0.101. The van der Waals surface area contributed by atoms with Crippen molar-refractivity contribution >= 4 is 15.9 Å². The summed E-state index contributed by atoms with van der Waals surface area (Å²) in [4.78, 5) is 2.43. The summed E-state index contributed by atoms with van der Waals surface area (Å²) in [7, 11) is 0. The fourth-order valence-electron chi connectivity index (χ4n) is 2.64. The number of rotatable bonds is 3. The van der Waals surface area contributed by atoms with Gasteiger partial charge < -0.3 is 10.5 Å². The van der Waals surface area contributed by atoms with Crippen LogP contribution in [0, 0.1) is 0 Å². The summed E-state index contributed by atoms with van der Waals surface area (Å²) in [5, 5.41) is 0. The van der Waals surface area contributed by atoms with E-state index in [0.29, 0.717) is 0 Å². The van der Waals surface area contributed by atoms with E-state index < -0.39 is 0 Å². The number of halogens is 1. The van der Waals surface area contributed by atoms with Crippen LogP contribution in [0.1, 0.15) is 25.5 Å². The van der Waals surface area contributed by atoms with Crippen LogP contribution in [-0.2, 0) is 4.74 Å². The fraction of sp³-hybridized carbons (Fsp3) is 0.571. The van der Waals surface area contributed by atoms with Gasteiger partial charge in [-0.3, -0.25) is 4.90 Å². The number of nitrogens with two attached hydrogens (primary N) is 1. The molecular weight excluding hydrogens is 292 g/mol. The van der Waals surface area contributed by atoms with E-state index in [1.165, 1.54) is 5.56 Å². The second-order valence-corrected chi connectivity index (χ2v) is 5.95. The Morgan fingerprint density at radius 3 is 2.89 bits per heavy atom. The molecule has 1 heterocycles. The van der Waals surface area contributed by atoms with Crippen LogP contribution in [0.4, 0.5) is 0 Å². The van der Waals surface area contributed by atoms with Crippen LogP contribution >= 0.6 is 15.9 Å². The summed E-state index contributed by atoms with van der Waals surface area (Å²) in [6, 6.07) is 8.79. The van der Waals surface area contributed by atoms with Gasteiger partial charge in [0.2, 0.25) is 0 Å². The van der Waals surface area contributed by atoms with Crippen LogP contribution in [0.2, 0.25) is 0 Å². The molecule has 1 saturated heterocycles. The van der Waals surface area contributed by atoms with Crippen molar-refractivity contribution in [2.24, 2.45) is 5.73 Å². The lowest BCUT2D eigenvalue weighted by Crippen LogP contribution is -2.47. The van der Waals surface area contributed by atoms with Gasteiger partial charge in [0.15, 0.2) is 0 Å². The highest BCUT2D eigenvalue weighted by molar-refractivity contribution is 9.10. The van der Waals surface area contributed by atoms with Crippen molar-refractivity contribution in [1.29, 1.82) is 0 Å². The smallest absolute Gasteiger partial charge is 0.0674 e. The first-order valence-corrected chi connectivity index (χ1v) is 7.24. The Labute approximate surface area is 117 Å². The molecule has 4 heteroatoms. The average molecular weight is 313 g/mol. The fourth-order valence-corrected chi connectivity index (χ4v) is 3.05. The molecule has 0 amide bonds. The Morgan fingerprint density at radius 2 is 2.28 bits per heavy atom. The van der Waals surface area contributed by atoms with E-state index in [9.17, 15) is 0 Å². The molecule has 1 aliphatic rings. The molecule has 3 nitrogen and oxygen atoms in total. The monoisotopic (exact) mass is 312 g/mol. The SMILES string of the molecule is CC1CN(C(c2cccc(Br)c2)C(C)N)CCO1. The molecule has 1 aromatic carbocycles. The van der Waals surface area contributed by atoms with E-state index in [4.69, 9.17) is 10.5 Å². The number of benzene rings is 1. The number of ether oxygens (including phenoxy) is 1. The molecule has 1 fully saturated rings. The van der Waals surface area contributed by atoms with Gasteiger partial charge in [0.25, 0.3) is 0 Å². The predicted molar refractivity (Wildman–Crippen MR) is 77.5 cm³/mol. The minimum absolute atomic E-state index is 0.101. The van der Waals surface area contributed by atoms with Gasteiger partial charge in [-0.15, -0.1) is 0 Å². The second-order valence-electron chi connectivity index (χ2n) is 5.04. The topological polar surface area (TPSA) is 38.5 Å². The van der Waals surface area contributed by atoms with E-state index in [-0.39, 0.29) is 18.2 Å². The van der Waals surface area contributed by atoms with Gasteiger partial charge in [-0.1, -0.05) is 28.1 Å². The van der Waals surface area contributed by atoms with Gasteiger partial charge in [0, 0.05) is 29.6 Å². The summed E-state index contributed by atoms with van der Waals surface area (Å²) in [6.45, 7) is 6.87. The lowest BCUT2D eigenvalue weighted by atomic mass is 9.98. The predicted octanol–water partition coefficient (Wildman–Crippen LogP) is 2.56. The Balaban J connectivity index is 2.22. The van der Waals surface area contributed by atoms with Crippen LogP contribution in [0.5, 0.6) is 0 Å². The molecule has 100 valence electrons. The van der Waals surface area contributed by atoms with Crippen molar-refractivity contribution in [2.75, 3.05) is 19.7 Å². The summed E-state index contributed by atoms with van der Waals surface area (Å²) in [5.41, 5.74) is 7.47. The van der Waals surface area contributed by atoms with Crippen LogP contribution in [-0.4, -0.2) is 36.7 Å². The Kier molecular flexibility index (Phi) is 4.78. The molecule has 0 saturated carbocycles. The maximum atomic E-state index is 6.20. The highest BCUT2D eigenvalue weighted by Crippen LogP contribution is 2.27. The third-order valence-corrected chi connectivity index (χ3v) is 3.85. The van der Waals surface area contributed by atoms with Crippen LogP contribution in [0.15, 0.2) is 28.7 Å². The van der Waals surface area contributed by atoms with Crippen molar-refractivity contribution in [1.82, 2.24) is 4.90 Å². The van der Waals surface area contributed by atoms with Crippen molar-refractivity contribution < 1.29 is 4.74 Å². The summed E-state index contributed by atoms with van der Waals surface area (Å²) < 4.78 is 6.71. The summed E-state index contributed by atoms with van der Waals surface area (Å²) >= 11 is 3.53. The Morgan fingerprint density at radius 1 is 1.50 bits per heavy atom. The van der Waals surface area contributed by atoms with Gasteiger partial charge >= 0.3 is 0 Å². The number of morpholine rings is 1. The van der Waals surface area contributed by atoms with E-state index >= 15 is 0 Å². The molecule has 0 aromatic heterocycles. The number of hydrogen-bond donors (Lipinski definition) is 1. The quantitative estimate of drug-likeness (QED) is 0.932. The molecule has 1 aliphatic heterocycles. The largest absolute Gasteiger partial charge is 0.376 e. The highest BCUT2D eigenvalue weighted by Gasteiger charge is 2.28. The zero-order valence-corrected chi connectivity index (χ0v) is 12.6. The standard InChI is InChI=1S/C14H21BrN2O/c1-10-9-17(6-7-18-10)14(11(2)16)12-4-3-5-13(15)8-12/h3-5,8,10-11,14H,6-7,9,16H2,1-2H3. The van der Waals surface area contributed by atoms with Crippen molar-refractivity contribution in [3.63, 3.8) is 0 Å². The first kappa shape index (κ1) is 14.0. The third-order valence-electron chi connectivity index (χ3n) is 3.35. The van der Waals surface area contributed by atoms with Crippen molar-refractivity contribution in [3.8, 4) is 0 Å². The van der Waals surface area contributed by atoms with Gasteiger partial charge in [-0.05, 0) is 31.5 Å². The third kappa shape index (κ3) is 3.32.